The fraction of sp³-hybridized carbons (Fsp3) is 0.222. The van der Waals surface area contributed by atoms with Crippen LogP contribution in [-0.4, -0.2) is 21.5 Å². The van der Waals surface area contributed by atoms with E-state index in [1.54, 1.807) is 17.5 Å². The molecular formula is C18H19N3OS. The molecule has 23 heavy (non-hydrogen) atoms. The van der Waals surface area contributed by atoms with Crippen molar-refractivity contribution >= 4 is 17.2 Å². The van der Waals surface area contributed by atoms with Crippen molar-refractivity contribution in [3.05, 3.63) is 65.1 Å². The lowest BCUT2D eigenvalue weighted by molar-refractivity contribution is -0.122. The number of hydrogen-bond donors (Lipinski definition) is 1. The molecule has 2 aromatic heterocycles. The van der Waals surface area contributed by atoms with Crippen molar-refractivity contribution in [1.82, 2.24) is 14.9 Å². The Hall–Kier alpha value is -2.40. The average Bonchev–Trinajstić information content (AvgIpc) is 3.19. The number of carbonyl (C=O) groups excluding carboxylic acids is 1. The zero-order valence-electron chi connectivity index (χ0n) is 13.0. The van der Waals surface area contributed by atoms with Crippen LogP contribution in [0.2, 0.25) is 0 Å². The lowest BCUT2D eigenvalue weighted by atomic mass is 10.2. The lowest BCUT2D eigenvalue weighted by Crippen LogP contribution is -2.36. The number of nitrogens with zero attached hydrogens (tertiary/aromatic N) is 2. The summed E-state index contributed by atoms with van der Waals surface area (Å²) in [5.74, 6) is 0.816. The monoisotopic (exact) mass is 325 g/mol. The summed E-state index contributed by atoms with van der Waals surface area (Å²) in [6.07, 6.45) is 4.43. The number of hydrogen-bond acceptors (Lipinski definition) is 3. The lowest BCUT2D eigenvalue weighted by Gasteiger charge is -2.14. The molecular weight excluding hydrogens is 306 g/mol. The minimum atomic E-state index is 0.00392. The number of amides is 1. The number of benzene rings is 1. The summed E-state index contributed by atoms with van der Waals surface area (Å²) in [6.45, 7) is 2.31. The second-order valence-electron chi connectivity index (χ2n) is 5.50. The number of aromatic nitrogens is 2. The van der Waals surface area contributed by atoms with Crippen LogP contribution in [0.25, 0.3) is 11.4 Å². The summed E-state index contributed by atoms with van der Waals surface area (Å²) in [6, 6.07) is 14.1. The van der Waals surface area contributed by atoms with Crippen molar-refractivity contribution in [1.29, 1.82) is 0 Å². The molecule has 1 N–H and O–H groups in total. The Bertz CT molecular complexity index is 750. The molecule has 1 amide bonds. The number of carbonyl (C=O) groups is 1. The second-order valence-corrected chi connectivity index (χ2v) is 6.53. The first kappa shape index (κ1) is 15.5. The van der Waals surface area contributed by atoms with Crippen molar-refractivity contribution in [2.24, 2.45) is 0 Å². The van der Waals surface area contributed by atoms with Gasteiger partial charge in [0.25, 0.3) is 0 Å². The third-order valence-electron chi connectivity index (χ3n) is 3.56. The highest BCUT2D eigenvalue weighted by molar-refractivity contribution is 7.09. The Balaban J connectivity index is 1.61. The van der Waals surface area contributed by atoms with Crippen molar-refractivity contribution in [2.45, 2.75) is 25.9 Å². The average molecular weight is 325 g/mol. The summed E-state index contributed by atoms with van der Waals surface area (Å²) in [4.78, 5) is 17.9. The fourth-order valence-corrected chi connectivity index (χ4v) is 3.38. The maximum absolute atomic E-state index is 12.3. The van der Waals surface area contributed by atoms with Gasteiger partial charge < -0.3 is 9.88 Å². The van der Waals surface area contributed by atoms with E-state index in [2.05, 4.69) is 21.7 Å². The van der Waals surface area contributed by atoms with Crippen LogP contribution in [0.15, 0.2) is 60.2 Å². The van der Waals surface area contributed by atoms with Gasteiger partial charge in [0.1, 0.15) is 12.4 Å². The third-order valence-corrected chi connectivity index (χ3v) is 4.45. The molecule has 3 rings (SSSR count). The molecule has 0 fully saturated rings. The predicted molar refractivity (Wildman–Crippen MR) is 93.3 cm³/mol. The van der Waals surface area contributed by atoms with Crippen LogP contribution >= 0.6 is 11.3 Å². The van der Waals surface area contributed by atoms with Crippen LogP contribution in [0, 0.1) is 0 Å². The Morgan fingerprint density at radius 1 is 1.26 bits per heavy atom. The van der Waals surface area contributed by atoms with E-state index in [9.17, 15) is 4.79 Å². The van der Waals surface area contributed by atoms with Crippen LogP contribution in [0.4, 0.5) is 0 Å². The molecule has 5 heteroatoms. The molecule has 0 saturated heterocycles. The summed E-state index contributed by atoms with van der Waals surface area (Å²) >= 11 is 1.72. The maximum Gasteiger partial charge on any atom is 0.240 e. The standard InChI is InChI=1S/C18H19N3OS/c1-14(12-16-8-5-11-23-16)20-17(22)13-21-10-9-19-18(21)15-6-3-2-4-7-15/h2-11,14H,12-13H2,1H3,(H,20,22)/t14-/m0/s1. The highest BCUT2D eigenvalue weighted by Gasteiger charge is 2.12. The van der Waals surface area contributed by atoms with E-state index in [-0.39, 0.29) is 18.5 Å². The normalized spacial score (nSPS) is 12.0. The second kappa shape index (κ2) is 7.24. The number of rotatable bonds is 6. The largest absolute Gasteiger partial charge is 0.352 e. The molecule has 4 nitrogen and oxygen atoms in total. The predicted octanol–water partition coefficient (Wildman–Crippen LogP) is 3.36. The van der Waals surface area contributed by atoms with Gasteiger partial charge in [-0.05, 0) is 18.4 Å². The first-order chi connectivity index (χ1) is 11.2. The molecule has 0 unspecified atom stereocenters. The van der Waals surface area contributed by atoms with Gasteiger partial charge in [0, 0.05) is 35.3 Å². The molecule has 0 aliphatic rings. The Labute approximate surface area is 139 Å². The van der Waals surface area contributed by atoms with Gasteiger partial charge in [-0.1, -0.05) is 36.4 Å². The van der Waals surface area contributed by atoms with Gasteiger partial charge in [0.2, 0.25) is 5.91 Å². The number of imidazole rings is 1. The molecule has 3 aromatic rings. The van der Waals surface area contributed by atoms with E-state index < -0.39 is 0 Å². The van der Waals surface area contributed by atoms with E-state index in [4.69, 9.17) is 0 Å². The van der Waals surface area contributed by atoms with E-state index in [0.717, 1.165) is 17.8 Å². The highest BCUT2D eigenvalue weighted by atomic mass is 32.1. The van der Waals surface area contributed by atoms with Crippen molar-refractivity contribution in [3.63, 3.8) is 0 Å². The minimum absolute atomic E-state index is 0.00392. The molecule has 0 saturated carbocycles. The van der Waals surface area contributed by atoms with Gasteiger partial charge in [-0.25, -0.2) is 4.98 Å². The zero-order valence-corrected chi connectivity index (χ0v) is 13.8. The van der Waals surface area contributed by atoms with E-state index in [1.165, 1.54) is 4.88 Å². The Kier molecular flexibility index (Phi) is 4.88. The number of thiophene rings is 1. The van der Waals surface area contributed by atoms with Crippen molar-refractivity contribution in [2.75, 3.05) is 0 Å². The summed E-state index contributed by atoms with van der Waals surface area (Å²) < 4.78 is 1.88. The van der Waals surface area contributed by atoms with Crippen LogP contribution in [0.1, 0.15) is 11.8 Å². The van der Waals surface area contributed by atoms with Crippen LogP contribution in [0.5, 0.6) is 0 Å². The molecule has 0 radical (unpaired) electrons. The van der Waals surface area contributed by atoms with Gasteiger partial charge >= 0.3 is 0 Å². The Morgan fingerprint density at radius 3 is 2.83 bits per heavy atom. The van der Waals surface area contributed by atoms with Gasteiger partial charge in [-0.2, -0.15) is 0 Å². The van der Waals surface area contributed by atoms with E-state index in [1.807, 2.05) is 54.1 Å². The first-order valence-electron chi connectivity index (χ1n) is 7.60. The van der Waals surface area contributed by atoms with Crippen LogP contribution in [-0.2, 0) is 17.8 Å². The molecule has 2 heterocycles. The topological polar surface area (TPSA) is 46.9 Å². The summed E-state index contributed by atoms with van der Waals surface area (Å²) in [7, 11) is 0. The minimum Gasteiger partial charge on any atom is -0.352 e. The molecule has 0 spiro atoms. The molecule has 0 aliphatic heterocycles. The first-order valence-corrected chi connectivity index (χ1v) is 8.48. The van der Waals surface area contributed by atoms with Gasteiger partial charge in [-0.15, -0.1) is 11.3 Å². The van der Waals surface area contributed by atoms with Crippen LogP contribution < -0.4 is 5.32 Å². The maximum atomic E-state index is 12.3. The van der Waals surface area contributed by atoms with E-state index in [0.29, 0.717) is 0 Å². The highest BCUT2D eigenvalue weighted by Crippen LogP contribution is 2.16. The third kappa shape index (κ3) is 4.07. The molecule has 1 aromatic carbocycles. The summed E-state index contributed by atoms with van der Waals surface area (Å²) in [5.41, 5.74) is 1.01. The fourth-order valence-electron chi connectivity index (χ4n) is 2.54. The SMILES string of the molecule is C[C@@H](Cc1cccs1)NC(=O)Cn1ccnc1-c1ccccc1. The molecule has 0 bridgehead atoms. The molecule has 0 aliphatic carbocycles. The quantitative estimate of drug-likeness (QED) is 0.755. The zero-order chi connectivity index (χ0) is 16.1. The summed E-state index contributed by atoms with van der Waals surface area (Å²) in [5, 5.41) is 5.11. The van der Waals surface area contributed by atoms with Gasteiger partial charge in [-0.3, -0.25) is 4.79 Å². The van der Waals surface area contributed by atoms with Crippen molar-refractivity contribution < 1.29 is 4.79 Å². The molecule has 118 valence electrons. The van der Waals surface area contributed by atoms with Gasteiger partial charge in [0.05, 0.1) is 0 Å². The smallest absolute Gasteiger partial charge is 0.240 e. The van der Waals surface area contributed by atoms with E-state index >= 15 is 0 Å². The number of nitrogens with one attached hydrogen (secondary N) is 1. The molecule has 1 atom stereocenters. The van der Waals surface area contributed by atoms with Crippen molar-refractivity contribution in [3.8, 4) is 11.4 Å². The van der Waals surface area contributed by atoms with Crippen LogP contribution in [0.3, 0.4) is 0 Å². The van der Waals surface area contributed by atoms with Gasteiger partial charge in [0.15, 0.2) is 0 Å². The Morgan fingerprint density at radius 2 is 2.09 bits per heavy atom.